The summed E-state index contributed by atoms with van der Waals surface area (Å²) in [5, 5.41) is 4.76. The van der Waals surface area contributed by atoms with Gasteiger partial charge < -0.3 is 10.1 Å². The Kier molecular flexibility index (Phi) is 4.67. The number of carbonyl (C=O) groups is 2. The highest BCUT2D eigenvalue weighted by atomic mass is 32.1. The zero-order valence-corrected chi connectivity index (χ0v) is 15.6. The summed E-state index contributed by atoms with van der Waals surface area (Å²) in [5.74, 6) is -0.863. The first-order valence-electron chi connectivity index (χ1n) is 8.42. The molecule has 1 aliphatic heterocycles. The molecule has 2 heterocycles. The molecule has 0 radical (unpaired) electrons. The Labute approximate surface area is 164 Å². The lowest BCUT2D eigenvalue weighted by atomic mass is 10.2. The lowest BCUT2D eigenvalue weighted by molar-refractivity contribution is -0.120. The van der Waals surface area contributed by atoms with Crippen LogP contribution in [0.1, 0.15) is 4.88 Å². The van der Waals surface area contributed by atoms with Crippen LogP contribution in [-0.2, 0) is 9.59 Å². The zero-order chi connectivity index (χ0) is 19.7. The van der Waals surface area contributed by atoms with Gasteiger partial charge in [0.2, 0.25) is 0 Å². The normalized spacial score (nSPS) is 14.0. The molecule has 28 heavy (non-hydrogen) atoms. The number of rotatable bonds is 5. The number of carbonyl (C=O) groups excluding carboxylic acids is 2. The number of nitrogens with zero attached hydrogens (tertiary/aromatic N) is 1. The summed E-state index contributed by atoms with van der Waals surface area (Å²) in [4.78, 5) is 28.1. The third-order valence-corrected chi connectivity index (χ3v) is 5.14. The van der Waals surface area contributed by atoms with Crippen LogP contribution < -0.4 is 15.0 Å². The molecule has 2 aromatic carbocycles. The van der Waals surface area contributed by atoms with E-state index in [1.54, 1.807) is 42.5 Å². The lowest BCUT2D eigenvalue weighted by Crippen LogP contribution is -2.32. The van der Waals surface area contributed by atoms with E-state index in [2.05, 4.69) is 5.32 Å². The van der Waals surface area contributed by atoms with Crippen molar-refractivity contribution in [1.29, 1.82) is 0 Å². The molecular formula is C21H15FN2O3S. The van der Waals surface area contributed by atoms with E-state index in [1.807, 2.05) is 5.38 Å². The fraction of sp³-hybridized carbons (Fsp3) is 0.0476. The van der Waals surface area contributed by atoms with Gasteiger partial charge in [0, 0.05) is 16.6 Å². The van der Waals surface area contributed by atoms with Crippen LogP contribution in [-0.4, -0.2) is 18.9 Å². The fourth-order valence-corrected chi connectivity index (χ4v) is 3.76. The van der Waals surface area contributed by atoms with Gasteiger partial charge in [-0.05, 0) is 41.8 Å². The van der Waals surface area contributed by atoms with E-state index in [9.17, 15) is 14.0 Å². The highest BCUT2D eigenvalue weighted by molar-refractivity contribution is 7.11. The van der Waals surface area contributed by atoms with Crippen molar-refractivity contribution in [3.8, 4) is 5.75 Å². The van der Waals surface area contributed by atoms with Crippen LogP contribution in [0, 0.1) is 5.82 Å². The van der Waals surface area contributed by atoms with Gasteiger partial charge in [0.1, 0.15) is 17.3 Å². The van der Waals surface area contributed by atoms with E-state index < -0.39 is 17.6 Å². The highest BCUT2D eigenvalue weighted by Crippen LogP contribution is 2.36. The highest BCUT2D eigenvalue weighted by Gasteiger charge is 2.40. The van der Waals surface area contributed by atoms with Crippen LogP contribution in [0.4, 0.5) is 15.8 Å². The monoisotopic (exact) mass is 394 g/mol. The summed E-state index contributed by atoms with van der Waals surface area (Å²) in [5.41, 5.74) is 1.16. The summed E-state index contributed by atoms with van der Waals surface area (Å²) < 4.78 is 18.8. The second kappa shape index (κ2) is 7.28. The van der Waals surface area contributed by atoms with Crippen molar-refractivity contribution in [2.24, 2.45) is 0 Å². The number of anilines is 2. The van der Waals surface area contributed by atoms with Gasteiger partial charge in [-0.2, -0.15) is 0 Å². The number of hydrogen-bond donors (Lipinski definition) is 1. The number of nitrogens with one attached hydrogen (secondary N) is 1. The van der Waals surface area contributed by atoms with Gasteiger partial charge in [0.05, 0.1) is 18.4 Å². The Morgan fingerprint density at radius 3 is 2.54 bits per heavy atom. The van der Waals surface area contributed by atoms with Gasteiger partial charge in [-0.25, -0.2) is 9.29 Å². The molecule has 140 valence electrons. The molecule has 0 spiro atoms. The van der Waals surface area contributed by atoms with E-state index in [1.165, 1.54) is 36.6 Å². The topological polar surface area (TPSA) is 58.6 Å². The van der Waals surface area contributed by atoms with Crippen LogP contribution in [0.25, 0.3) is 5.57 Å². The number of ether oxygens (including phenoxy) is 1. The third-order valence-electron chi connectivity index (χ3n) is 4.26. The van der Waals surface area contributed by atoms with Crippen LogP contribution in [0.15, 0.2) is 71.7 Å². The summed E-state index contributed by atoms with van der Waals surface area (Å²) in [6.45, 7) is 0. The summed E-state index contributed by atoms with van der Waals surface area (Å²) in [7, 11) is 1.51. The average molecular weight is 394 g/mol. The number of imide groups is 1. The number of thiophene rings is 1. The summed E-state index contributed by atoms with van der Waals surface area (Å²) in [6, 6.07) is 16.0. The Hall–Kier alpha value is -3.45. The molecule has 5 nitrogen and oxygen atoms in total. The number of amides is 2. The van der Waals surface area contributed by atoms with Crippen molar-refractivity contribution in [2.45, 2.75) is 0 Å². The van der Waals surface area contributed by atoms with Gasteiger partial charge in [-0.1, -0.05) is 18.2 Å². The summed E-state index contributed by atoms with van der Waals surface area (Å²) >= 11 is 1.35. The first-order chi connectivity index (χ1) is 13.6. The minimum Gasteiger partial charge on any atom is -0.497 e. The van der Waals surface area contributed by atoms with E-state index in [-0.39, 0.29) is 11.3 Å². The van der Waals surface area contributed by atoms with Crippen molar-refractivity contribution < 1.29 is 18.7 Å². The molecule has 0 unspecified atom stereocenters. The van der Waals surface area contributed by atoms with E-state index in [0.29, 0.717) is 22.0 Å². The Bertz CT molecular complexity index is 1090. The first kappa shape index (κ1) is 17.9. The maximum Gasteiger partial charge on any atom is 0.282 e. The summed E-state index contributed by atoms with van der Waals surface area (Å²) in [6.07, 6.45) is 0. The number of methoxy groups -OCH3 is 1. The number of halogens is 1. The fourth-order valence-electron chi connectivity index (χ4n) is 2.99. The number of benzene rings is 2. The molecular weight excluding hydrogens is 379 g/mol. The first-order valence-corrected chi connectivity index (χ1v) is 9.30. The molecule has 1 N–H and O–H groups in total. The molecule has 1 aromatic heterocycles. The largest absolute Gasteiger partial charge is 0.497 e. The molecule has 0 bridgehead atoms. The Balaban J connectivity index is 1.79. The van der Waals surface area contributed by atoms with Gasteiger partial charge in [-0.3, -0.25) is 9.59 Å². The van der Waals surface area contributed by atoms with Crippen molar-refractivity contribution in [1.82, 2.24) is 0 Å². The smallest absolute Gasteiger partial charge is 0.282 e. The third kappa shape index (κ3) is 3.16. The van der Waals surface area contributed by atoms with E-state index >= 15 is 0 Å². The minimum atomic E-state index is -0.508. The molecule has 1 aliphatic rings. The predicted molar refractivity (Wildman–Crippen MR) is 107 cm³/mol. The lowest BCUT2D eigenvalue weighted by Gasteiger charge is -2.16. The minimum absolute atomic E-state index is 0.112. The second-order valence-electron chi connectivity index (χ2n) is 6.01. The molecule has 7 heteroatoms. The van der Waals surface area contributed by atoms with Crippen molar-refractivity contribution in [2.75, 3.05) is 17.3 Å². The van der Waals surface area contributed by atoms with Crippen LogP contribution in [0.5, 0.6) is 5.75 Å². The predicted octanol–water partition coefficient (Wildman–Crippen LogP) is 4.29. The standard InChI is InChI=1S/C21H15FN2O3S/c1-27-16-8-3-7-15(12-16)24-20(25)18(17-9-4-10-28-17)19(21(24)26)23-14-6-2-5-13(22)11-14/h2-12,23H,1H3. The Morgan fingerprint density at radius 1 is 1.00 bits per heavy atom. The second-order valence-corrected chi connectivity index (χ2v) is 6.96. The molecule has 0 aliphatic carbocycles. The molecule has 0 saturated carbocycles. The van der Waals surface area contributed by atoms with Crippen LogP contribution in [0.3, 0.4) is 0 Å². The SMILES string of the molecule is COc1cccc(N2C(=O)C(Nc3cccc(F)c3)=C(c3cccs3)C2=O)c1. The van der Waals surface area contributed by atoms with Gasteiger partial charge >= 0.3 is 0 Å². The molecule has 0 fully saturated rings. The maximum absolute atomic E-state index is 13.6. The zero-order valence-electron chi connectivity index (χ0n) is 14.8. The Morgan fingerprint density at radius 2 is 1.82 bits per heavy atom. The van der Waals surface area contributed by atoms with E-state index in [0.717, 1.165) is 4.90 Å². The van der Waals surface area contributed by atoms with Crippen molar-refractivity contribution in [3.05, 3.63) is 82.4 Å². The molecule has 0 atom stereocenters. The molecule has 0 saturated heterocycles. The van der Waals surface area contributed by atoms with Gasteiger partial charge in [0.15, 0.2) is 0 Å². The molecule has 4 rings (SSSR count). The molecule has 3 aromatic rings. The van der Waals surface area contributed by atoms with Gasteiger partial charge in [-0.15, -0.1) is 11.3 Å². The number of hydrogen-bond acceptors (Lipinski definition) is 5. The van der Waals surface area contributed by atoms with Crippen LogP contribution in [0.2, 0.25) is 0 Å². The van der Waals surface area contributed by atoms with Gasteiger partial charge in [0.25, 0.3) is 11.8 Å². The molecule has 2 amide bonds. The van der Waals surface area contributed by atoms with Crippen molar-refractivity contribution in [3.63, 3.8) is 0 Å². The van der Waals surface area contributed by atoms with Crippen LogP contribution >= 0.6 is 11.3 Å². The van der Waals surface area contributed by atoms with E-state index in [4.69, 9.17) is 4.74 Å². The van der Waals surface area contributed by atoms with Crippen molar-refractivity contribution >= 4 is 40.1 Å². The average Bonchev–Trinajstić information content (AvgIpc) is 3.29. The maximum atomic E-state index is 13.6. The quantitative estimate of drug-likeness (QED) is 0.656.